The van der Waals surface area contributed by atoms with Crippen molar-refractivity contribution in [2.45, 2.75) is 78.6 Å². The highest BCUT2D eigenvalue weighted by atomic mass is 19.4. The number of hydrogen-bond acceptors (Lipinski definition) is 3. The van der Waals surface area contributed by atoms with Gasteiger partial charge in [0.05, 0.1) is 0 Å². The molecule has 0 saturated carbocycles. The zero-order chi connectivity index (χ0) is 34.9. The Balaban J connectivity index is 7.27. The first-order valence-corrected chi connectivity index (χ1v) is 9.14. The quantitative estimate of drug-likeness (QED) is 0.126. The lowest BCUT2D eigenvalue weighted by molar-refractivity contribution is -0.483. The number of esters is 1. The number of carbonyl (C=O) groups is 1. The topological polar surface area (TPSA) is 46.5 Å². The van der Waals surface area contributed by atoms with Crippen molar-refractivity contribution in [1.29, 1.82) is 0 Å². The van der Waals surface area contributed by atoms with E-state index in [0.29, 0.717) is 0 Å². The molecule has 0 fully saturated rings. The van der Waals surface area contributed by atoms with E-state index in [1.165, 1.54) is 0 Å². The standard InChI is InChI=1S/C16H7F23O3/c1-3(2)4(40)42-16(38,39)15(36,37)14(34,35)13(32,33)12(30,31)11(28,29)10(26,27)9(24,25)8(22,23)7(20,21)6(18,19)5(17)41/h5,41H,1H2,2H3. The lowest BCUT2D eigenvalue weighted by atomic mass is 9.85. The lowest BCUT2D eigenvalue weighted by Gasteiger charge is -2.45. The molecule has 0 aromatic rings. The van der Waals surface area contributed by atoms with Gasteiger partial charge in [0.15, 0.2) is 0 Å². The van der Waals surface area contributed by atoms with Crippen molar-refractivity contribution in [1.82, 2.24) is 0 Å². The second-order valence-corrected chi connectivity index (χ2v) is 7.81. The van der Waals surface area contributed by atoms with Gasteiger partial charge >= 0.3 is 71.3 Å². The molecule has 3 nitrogen and oxygen atoms in total. The maximum atomic E-state index is 13.7. The predicted molar refractivity (Wildman–Crippen MR) is 82.4 cm³/mol. The van der Waals surface area contributed by atoms with E-state index in [1.807, 2.05) is 0 Å². The molecule has 0 radical (unpaired) electrons. The van der Waals surface area contributed by atoms with Crippen LogP contribution in [-0.4, -0.2) is 82.8 Å². The fourth-order valence-corrected chi connectivity index (χ4v) is 2.19. The fraction of sp³-hybridized carbons (Fsp3) is 0.812. The Bertz CT molecular complexity index is 1040. The summed E-state index contributed by atoms with van der Waals surface area (Å²) in [6, 6.07) is 0. The molecule has 0 saturated heterocycles. The maximum absolute atomic E-state index is 13.7. The predicted octanol–water partition coefficient (Wildman–Crippen LogP) is 7.34. The summed E-state index contributed by atoms with van der Waals surface area (Å²) in [5, 5.41) is 7.68. The number of hydrogen-bond donors (Lipinski definition) is 1. The molecule has 0 spiro atoms. The fourth-order valence-electron chi connectivity index (χ4n) is 2.19. The number of alkyl halides is 23. The molecule has 42 heavy (non-hydrogen) atoms. The van der Waals surface area contributed by atoms with Gasteiger partial charge in [-0.25, -0.2) is 9.18 Å². The number of rotatable bonds is 13. The summed E-state index contributed by atoms with van der Waals surface area (Å²) in [6.07, 6.45) is -13.3. The molecule has 0 aliphatic heterocycles. The third-order valence-electron chi connectivity index (χ3n) is 4.81. The molecule has 1 N–H and O–H groups in total. The molecule has 0 bridgehead atoms. The third kappa shape index (κ3) is 4.77. The van der Waals surface area contributed by atoms with Crippen molar-refractivity contribution in [2.75, 3.05) is 0 Å². The number of aliphatic hydroxyl groups is 1. The summed E-state index contributed by atoms with van der Waals surface area (Å²) in [4.78, 5) is 10.8. The van der Waals surface area contributed by atoms with Gasteiger partial charge in [0.1, 0.15) is 0 Å². The SMILES string of the molecule is C=C(C)C(=O)OC(F)(F)C(F)(F)C(F)(F)C(F)(F)C(F)(F)C(F)(F)C(F)(F)C(F)(F)C(F)(F)C(F)(F)C(F)(F)C(O)F. The van der Waals surface area contributed by atoms with Gasteiger partial charge in [-0.05, 0) is 6.92 Å². The van der Waals surface area contributed by atoms with Crippen molar-refractivity contribution in [3.05, 3.63) is 12.2 Å². The first-order chi connectivity index (χ1) is 17.8. The summed E-state index contributed by atoms with van der Waals surface area (Å²) in [6.45, 7) is 2.60. The van der Waals surface area contributed by atoms with Crippen LogP contribution in [0.5, 0.6) is 0 Å². The van der Waals surface area contributed by atoms with Gasteiger partial charge in [0.2, 0.25) is 0 Å². The van der Waals surface area contributed by atoms with E-state index in [2.05, 4.69) is 11.3 Å². The summed E-state index contributed by atoms with van der Waals surface area (Å²) < 4.78 is 311. The first-order valence-electron chi connectivity index (χ1n) is 9.14. The highest BCUT2D eigenvalue weighted by Gasteiger charge is 2.99. The average Bonchev–Trinajstić information content (AvgIpc) is 2.76. The first kappa shape index (κ1) is 39.6. The molecule has 0 aliphatic carbocycles. The van der Waals surface area contributed by atoms with Crippen LogP contribution in [0, 0.1) is 0 Å². The number of ether oxygens (including phenoxy) is 1. The Hall–Kier alpha value is -2.44. The van der Waals surface area contributed by atoms with E-state index in [9.17, 15) is 106 Å². The van der Waals surface area contributed by atoms with Gasteiger partial charge in [-0.15, -0.1) is 0 Å². The Morgan fingerprint density at radius 3 is 0.952 bits per heavy atom. The number of carbonyl (C=O) groups excluding carboxylic acids is 1. The van der Waals surface area contributed by atoms with Crippen molar-refractivity contribution >= 4 is 5.97 Å². The van der Waals surface area contributed by atoms with Gasteiger partial charge in [-0.2, -0.15) is 96.6 Å². The second-order valence-electron chi connectivity index (χ2n) is 7.81. The minimum atomic E-state index is -9.53. The van der Waals surface area contributed by atoms with E-state index in [4.69, 9.17) is 5.11 Å². The van der Waals surface area contributed by atoms with Gasteiger partial charge in [-0.3, -0.25) is 0 Å². The van der Waals surface area contributed by atoms with Crippen LogP contribution in [0.4, 0.5) is 101 Å². The largest absolute Gasteiger partial charge is 0.473 e. The Morgan fingerprint density at radius 2 is 0.738 bits per heavy atom. The minimum Gasteiger partial charge on any atom is -0.393 e. The molecule has 0 aromatic heterocycles. The monoisotopic (exact) mass is 684 g/mol. The van der Waals surface area contributed by atoms with E-state index < -0.39 is 83.2 Å². The summed E-state index contributed by atoms with van der Waals surface area (Å²) in [7, 11) is 0. The van der Waals surface area contributed by atoms with Crippen LogP contribution in [0.3, 0.4) is 0 Å². The Kier molecular flexibility index (Phi) is 9.47. The van der Waals surface area contributed by atoms with Crippen molar-refractivity contribution in [3.8, 4) is 0 Å². The molecule has 1 atom stereocenters. The molecule has 1 unspecified atom stereocenters. The van der Waals surface area contributed by atoms with Crippen molar-refractivity contribution in [2.24, 2.45) is 0 Å². The zero-order valence-electron chi connectivity index (χ0n) is 18.7. The molecule has 0 aliphatic rings. The summed E-state index contributed by atoms with van der Waals surface area (Å²) in [5.74, 6) is -92.9. The number of aliphatic hydroxyl groups excluding tert-OH is 1. The van der Waals surface area contributed by atoms with E-state index >= 15 is 0 Å². The maximum Gasteiger partial charge on any atom is 0.473 e. The zero-order valence-corrected chi connectivity index (χ0v) is 18.7. The minimum absolute atomic E-state index is 0.240. The Labute approximate surface area is 213 Å². The van der Waals surface area contributed by atoms with Crippen LogP contribution in [0.15, 0.2) is 12.2 Å². The Morgan fingerprint density at radius 1 is 0.524 bits per heavy atom. The van der Waals surface area contributed by atoms with Crippen LogP contribution >= 0.6 is 0 Å². The van der Waals surface area contributed by atoms with Crippen molar-refractivity contribution in [3.63, 3.8) is 0 Å². The molecular weight excluding hydrogens is 677 g/mol. The van der Waals surface area contributed by atoms with E-state index in [-0.39, 0.29) is 6.92 Å². The normalized spacial score (nSPS) is 16.8. The average molecular weight is 684 g/mol. The van der Waals surface area contributed by atoms with Gasteiger partial charge < -0.3 is 9.84 Å². The van der Waals surface area contributed by atoms with Gasteiger partial charge in [0.25, 0.3) is 6.36 Å². The van der Waals surface area contributed by atoms with Crippen LogP contribution in [0.2, 0.25) is 0 Å². The molecule has 0 amide bonds. The molecular formula is C16H7F23O3. The van der Waals surface area contributed by atoms with E-state index in [1.54, 1.807) is 0 Å². The molecule has 0 aromatic carbocycles. The highest BCUT2D eigenvalue weighted by Crippen LogP contribution is 2.67. The number of halogens is 23. The van der Waals surface area contributed by atoms with Crippen LogP contribution < -0.4 is 0 Å². The second kappa shape index (κ2) is 10.1. The van der Waals surface area contributed by atoms with Gasteiger partial charge in [-0.1, -0.05) is 6.58 Å². The highest BCUT2D eigenvalue weighted by molar-refractivity contribution is 5.87. The lowest BCUT2D eigenvalue weighted by Crippen LogP contribution is -2.78. The van der Waals surface area contributed by atoms with Crippen LogP contribution in [0.1, 0.15) is 6.92 Å². The molecule has 250 valence electrons. The van der Waals surface area contributed by atoms with E-state index in [0.717, 1.165) is 0 Å². The van der Waals surface area contributed by atoms with Crippen LogP contribution in [-0.2, 0) is 9.53 Å². The van der Waals surface area contributed by atoms with Gasteiger partial charge in [0, 0.05) is 5.57 Å². The van der Waals surface area contributed by atoms with Crippen molar-refractivity contribution < 1.29 is 116 Å². The summed E-state index contributed by atoms with van der Waals surface area (Å²) >= 11 is 0. The third-order valence-corrected chi connectivity index (χ3v) is 4.81. The molecule has 0 heterocycles. The van der Waals surface area contributed by atoms with Crippen LogP contribution in [0.25, 0.3) is 0 Å². The summed E-state index contributed by atoms with van der Waals surface area (Å²) in [5.41, 5.74) is -1.48. The molecule has 0 rings (SSSR count). The smallest absolute Gasteiger partial charge is 0.393 e. The molecule has 26 heteroatoms.